The van der Waals surface area contributed by atoms with Crippen molar-refractivity contribution in [2.24, 2.45) is 0 Å². The minimum atomic E-state index is 0.118. The molecule has 2 heterocycles. The monoisotopic (exact) mass is 224 g/mol. The first-order chi connectivity index (χ1) is 7.29. The van der Waals surface area contributed by atoms with Crippen LogP contribution in [0.3, 0.4) is 0 Å². The number of hydrogen-bond acceptors (Lipinski definition) is 6. The van der Waals surface area contributed by atoms with E-state index in [9.17, 15) is 0 Å². The first-order valence-electron chi connectivity index (χ1n) is 4.64. The van der Waals surface area contributed by atoms with Crippen molar-refractivity contribution >= 4 is 22.6 Å². The summed E-state index contributed by atoms with van der Waals surface area (Å²) in [5, 5.41) is 3.94. The summed E-state index contributed by atoms with van der Waals surface area (Å²) in [5.74, 6) is 1.20. The molecule has 2 rings (SSSR count). The molecule has 2 aromatic rings. The highest BCUT2D eigenvalue weighted by molar-refractivity contribution is 7.09. The molecule has 0 aliphatic carbocycles. The molecule has 0 aliphatic heterocycles. The maximum Gasteiger partial charge on any atom is 0.233 e. The first kappa shape index (κ1) is 9.91. The van der Waals surface area contributed by atoms with E-state index >= 15 is 0 Å². The number of aromatic amines is 1. The minimum absolute atomic E-state index is 0.118. The van der Waals surface area contributed by atoms with E-state index in [1.807, 2.05) is 0 Å². The van der Waals surface area contributed by atoms with Crippen molar-refractivity contribution in [2.75, 3.05) is 11.1 Å². The Morgan fingerprint density at radius 2 is 2.53 bits per heavy atom. The van der Waals surface area contributed by atoms with E-state index in [0.717, 1.165) is 17.4 Å². The van der Waals surface area contributed by atoms with Crippen LogP contribution in [-0.2, 0) is 0 Å². The van der Waals surface area contributed by atoms with Gasteiger partial charge in [-0.3, -0.25) is 0 Å². The number of aromatic nitrogens is 4. The highest BCUT2D eigenvalue weighted by Gasteiger charge is 2.13. The van der Waals surface area contributed by atoms with Crippen molar-refractivity contribution in [3.63, 3.8) is 0 Å². The lowest BCUT2D eigenvalue weighted by Gasteiger charge is -2.12. The van der Waals surface area contributed by atoms with Gasteiger partial charge in [0.05, 0.1) is 6.04 Å². The fourth-order valence-electron chi connectivity index (χ4n) is 1.27. The number of hydrogen-bond donors (Lipinski definition) is 3. The highest BCUT2D eigenvalue weighted by atomic mass is 32.1. The predicted octanol–water partition coefficient (Wildman–Crippen LogP) is 1.41. The van der Waals surface area contributed by atoms with Gasteiger partial charge in [-0.25, -0.2) is 4.98 Å². The third kappa shape index (κ3) is 2.24. The number of imidazole rings is 1. The molecule has 0 fully saturated rings. The van der Waals surface area contributed by atoms with Crippen LogP contribution in [0.1, 0.15) is 25.2 Å². The van der Waals surface area contributed by atoms with Gasteiger partial charge in [0, 0.05) is 23.9 Å². The van der Waals surface area contributed by atoms with Crippen LogP contribution in [0.2, 0.25) is 0 Å². The second-order valence-corrected chi connectivity index (χ2v) is 3.79. The number of nitrogens with two attached hydrogens (primary N) is 1. The molecular formula is C8H12N6S. The van der Waals surface area contributed by atoms with E-state index in [-0.39, 0.29) is 6.04 Å². The molecule has 1 atom stereocenters. The zero-order chi connectivity index (χ0) is 10.7. The van der Waals surface area contributed by atoms with Crippen molar-refractivity contribution in [3.8, 4) is 0 Å². The topological polar surface area (TPSA) is 92.5 Å². The van der Waals surface area contributed by atoms with Gasteiger partial charge in [-0.2, -0.15) is 9.36 Å². The van der Waals surface area contributed by atoms with Crippen LogP contribution in [-0.4, -0.2) is 19.3 Å². The molecule has 0 aromatic carbocycles. The Morgan fingerprint density at radius 3 is 3.07 bits per heavy atom. The Hall–Kier alpha value is -1.63. The normalized spacial score (nSPS) is 12.6. The number of nitrogens with zero attached hydrogens (tertiary/aromatic N) is 3. The highest BCUT2D eigenvalue weighted by Crippen LogP contribution is 2.21. The maximum absolute atomic E-state index is 5.44. The molecule has 0 amide bonds. The largest absolute Gasteiger partial charge is 0.367 e. The van der Waals surface area contributed by atoms with Crippen LogP contribution in [0, 0.1) is 0 Å². The van der Waals surface area contributed by atoms with Gasteiger partial charge >= 0.3 is 0 Å². The van der Waals surface area contributed by atoms with Crippen LogP contribution in [0.5, 0.6) is 0 Å². The molecule has 4 N–H and O–H groups in total. The van der Waals surface area contributed by atoms with Gasteiger partial charge < -0.3 is 16.0 Å². The van der Waals surface area contributed by atoms with Crippen molar-refractivity contribution < 1.29 is 0 Å². The van der Waals surface area contributed by atoms with E-state index < -0.39 is 0 Å². The molecule has 2 aromatic heterocycles. The Balaban J connectivity index is 2.09. The molecular weight excluding hydrogens is 212 g/mol. The van der Waals surface area contributed by atoms with Crippen molar-refractivity contribution in [3.05, 3.63) is 18.2 Å². The molecule has 0 aliphatic rings. The maximum atomic E-state index is 5.44. The Morgan fingerprint density at radius 1 is 1.67 bits per heavy atom. The molecule has 80 valence electrons. The standard InChI is InChI=1S/C8H12N6S/c1-2-5(6-10-3-4-11-6)12-8-13-7(9)14-15-8/h3-5H,2H2,1H3,(H,10,11)(H3,9,12,13,14). The van der Waals surface area contributed by atoms with E-state index in [1.54, 1.807) is 12.4 Å². The summed E-state index contributed by atoms with van der Waals surface area (Å²) in [5.41, 5.74) is 5.44. The number of rotatable bonds is 4. The summed E-state index contributed by atoms with van der Waals surface area (Å²) in [6.07, 6.45) is 4.44. The Bertz CT molecular complexity index is 408. The summed E-state index contributed by atoms with van der Waals surface area (Å²) in [6.45, 7) is 2.07. The van der Waals surface area contributed by atoms with E-state index in [4.69, 9.17) is 5.73 Å². The van der Waals surface area contributed by atoms with Gasteiger partial charge in [-0.15, -0.1) is 0 Å². The summed E-state index contributed by atoms with van der Waals surface area (Å²) in [7, 11) is 0. The van der Waals surface area contributed by atoms with Crippen LogP contribution < -0.4 is 11.1 Å². The second-order valence-electron chi connectivity index (χ2n) is 3.04. The quantitative estimate of drug-likeness (QED) is 0.730. The predicted molar refractivity (Wildman–Crippen MR) is 59.6 cm³/mol. The van der Waals surface area contributed by atoms with Crippen molar-refractivity contribution in [1.29, 1.82) is 0 Å². The summed E-state index contributed by atoms with van der Waals surface area (Å²) < 4.78 is 3.90. The van der Waals surface area contributed by atoms with Gasteiger partial charge in [-0.05, 0) is 6.42 Å². The number of nitrogen functional groups attached to an aromatic ring is 1. The van der Waals surface area contributed by atoms with Crippen LogP contribution in [0.25, 0.3) is 0 Å². The van der Waals surface area contributed by atoms with Gasteiger partial charge in [0.2, 0.25) is 11.1 Å². The van der Waals surface area contributed by atoms with E-state index in [2.05, 4.69) is 31.6 Å². The fourth-order valence-corrected chi connectivity index (χ4v) is 1.82. The number of anilines is 2. The SMILES string of the molecule is CCC(Nc1nc(N)ns1)c1ncc[nH]1. The summed E-state index contributed by atoms with van der Waals surface area (Å²) in [6, 6.07) is 0.118. The molecule has 1 unspecified atom stereocenters. The minimum Gasteiger partial charge on any atom is -0.367 e. The van der Waals surface area contributed by atoms with Gasteiger partial charge in [0.15, 0.2) is 0 Å². The second kappa shape index (κ2) is 4.26. The summed E-state index contributed by atoms with van der Waals surface area (Å²) in [4.78, 5) is 11.3. The van der Waals surface area contributed by atoms with Crippen LogP contribution >= 0.6 is 11.5 Å². The van der Waals surface area contributed by atoms with Crippen LogP contribution in [0.4, 0.5) is 11.1 Å². The molecule has 0 saturated heterocycles. The first-order valence-corrected chi connectivity index (χ1v) is 5.42. The molecule has 15 heavy (non-hydrogen) atoms. The lowest BCUT2D eigenvalue weighted by Crippen LogP contribution is -2.11. The third-order valence-corrected chi connectivity index (χ3v) is 2.66. The molecule has 6 nitrogen and oxygen atoms in total. The van der Waals surface area contributed by atoms with E-state index in [0.29, 0.717) is 5.95 Å². The van der Waals surface area contributed by atoms with Crippen molar-refractivity contribution in [2.45, 2.75) is 19.4 Å². The Kier molecular flexibility index (Phi) is 2.82. The van der Waals surface area contributed by atoms with Crippen LogP contribution in [0.15, 0.2) is 12.4 Å². The smallest absolute Gasteiger partial charge is 0.233 e. The zero-order valence-corrected chi connectivity index (χ0v) is 9.08. The molecule has 0 spiro atoms. The number of H-pyrrole nitrogens is 1. The molecule has 0 saturated carbocycles. The van der Waals surface area contributed by atoms with E-state index in [1.165, 1.54) is 11.5 Å². The molecule has 0 bridgehead atoms. The summed E-state index contributed by atoms with van der Waals surface area (Å²) >= 11 is 1.25. The Labute approximate surface area is 91.1 Å². The zero-order valence-electron chi connectivity index (χ0n) is 8.27. The number of nitrogens with one attached hydrogen (secondary N) is 2. The van der Waals surface area contributed by atoms with Gasteiger partial charge in [0.25, 0.3) is 0 Å². The van der Waals surface area contributed by atoms with Gasteiger partial charge in [-0.1, -0.05) is 6.92 Å². The van der Waals surface area contributed by atoms with Gasteiger partial charge in [0.1, 0.15) is 5.82 Å². The van der Waals surface area contributed by atoms with Crippen molar-refractivity contribution in [1.82, 2.24) is 19.3 Å². The lowest BCUT2D eigenvalue weighted by molar-refractivity contribution is 0.703. The lowest BCUT2D eigenvalue weighted by atomic mass is 10.2. The average molecular weight is 224 g/mol. The molecule has 7 heteroatoms. The fraction of sp³-hybridized carbons (Fsp3) is 0.375. The molecule has 0 radical (unpaired) electrons. The third-order valence-electron chi connectivity index (χ3n) is 2.00. The average Bonchev–Trinajstić information content (AvgIpc) is 2.85.